The zero-order valence-electron chi connectivity index (χ0n) is 6.46. The second-order valence-electron chi connectivity index (χ2n) is 2.86. The second-order valence-corrected chi connectivity index (χ2v) is 2.86. The lowest BCUT2D eigenvalue weighted by molar-refractivity contribution is -0.137. The van der Waals surface area contributed by atoms with E-state index < -0.39 is 0 Å². The lowest BCUT2D eigenvalue weighted by atomic mass is 9.87. The number of rotatable bonds is 1. The summed E-state index contributed by atoms with van der Waals surface area (Å²) in [6.07, 6.45) is 2.01. The first-order chi connectivity index (χ1) is 5.15. The average molecular weight is 153 g/mol. The number of imide groups is 1. The van der Waals surface area contributed by atoms with Gasteiger partial charge in [-0.3, -0.25) is 14.9 Å². The summed E-state index contributed by atoms with van der Waals surface area (Å²) in [4.78, 5) is 21.8. The first-order valence-electron chi connectivity index (χ1n) is 3.61. The lowest BCUT2D eigenvalue weighted by Crippen LogP contribution is -2.44. The van der Waals surface area contributed by atoms with Crippen LogP contribution in [0.5, 0.6) is 0 Å². The maximum Gasteiger partial charge on any atom is 0.233 e. The third-order valence-electron chi connectivity index (χ3n) is 1.94. The van der Waals surface area contributed by atoms with Gasteiger partial charge >= 0.3 is 0 Å². The quantitative estimate of drug-likeness (QED) is 0.439. The molecule has 0 aromatic carbocycles. The topological polar surface area (TPSA) is 46.2 Å². The lowest BCUT2D eigenvalue weighted by Gasteiger charge is -2.24. The van der Waals surface area contributed by atoms with Crippen molar-refractivity contribution < 1.29 is 9.59 Å². The summed E-state index contributed by atoms with van der Waals surface area (Å²) >= 11 is 0. The fraction of sp³-hybridized carbons (Fsp3) is 0.500. The van der Waals surface area contributed by atoms with Crippen LogP contribution in [0.25, 0.3) is 0 Å². The summed E-state index contributed by atoms with van der Waals surface area (Å²) in [5.41, 5.74) is 0. The monoisotopic (exact) mass is 153 g/mol. The minimum absolute atomic E-state index is 0.0914. The van der Waals surface area contributed by atoms with Gasteiger partial charge in [0, 0.05) is 6.42 Å². The predicted molar refractivity (Wildman–Crippen MR) is 40.6 cm³/mol. The van der Waals surface area contributed by atoms with Gasteiger partial charge in [0.2, 0.25) is 11.8 Å². The molecule has 11 heavy (non-hydrogen) atoms. The molecule has 3 heteroatoms. The largest absolute Gasteiger partial charge is 0.296 e. The van der Waals surface area contributed by atoms with E-state index in [2.05, 4.69) is 11.9 Å². The summed E-state index contributed by atoms with van der Waals surface area (Å²) < 4.78 is 0. The van der Waals surface area contributed by atoms with Gasteiger partial charge in [-0.05, 0) is 5.92 Å². The average Bonchev–Trinajstić information content (AvgIpc) is 1.85. The van der Waals surface area contributed by atoms with Crippen molar-refractivity contribution in [3.05, 3.63) is 12.7 Å². The molecule has 1 heterocycles. The van der Waals surface area contributed by atoms with Gasteiger partial charge in [0.15, 0.2) is 0 Å². The number of nitrogens with one attached hydrogen (secondary N) is 1. The molecule has 1 fully saturated rings. The zero-order valence-corrected chi connectivity index (χ0v) is 6.46. The first kappa shape index (κ1) is 7.98. The highest BCUT2D eigenvalue weighted by Crippen LogP contribution is 2.20. The van der Waals surface area contributed by atoms with Gasteiger partial charge in [0.25, 0.3) is 0 Å². The Morgan fingerprint density at radius 1 is 1.64 bits per heavy atom. The van der Waals surface area contributed by atoms with Gasteiger partial charge in [-0.1, -0.05) is 13.0 Å². The maximum atomic E-state index is 11.0. The number of hydrogen-bond donors (Lipinski definition) is 1. The van der Waals surface area contributed by atoms with Crippen molar-refractivity contribution in [2.45, 2.75) is 13.3 Å². The van der Waals surface area contributed by atoms with Gasteiger partial charge < -0.3 is 0 Å². The minimum atomic E-state index is -0.219. The summed E-state index contributed by atoms with van der Waals surface area (Å²) in [7, 11) is 0. The molecule has 0 aliphatic carbocycles. The SMILES string of the molecule is C=CC1C(=O)NC(=O)CC1C. The Morgan fingerprint density at radius 2 is 2.27 bits per heavy atom. The molecule has 0 spiro atoms. The van der Waals surface area contributed by atoms with Crippen molar-refractivity contribution in [1.82, 2.24) is 5.32 Å². The van der Waals surface area contributed by atoms with Crippen LogP contribution < -0.4 is 5.32 Å². The second kappa shape index (κ2) is 2.86. The molecule has 2 atom stereocenters. The highest BCUT2D eigenvalue weighted by molar-refractivity contribution is 5.99. The predicted octanol–water partition coefficient (Wildman–Crippen LogP) is 0.471. The molecule has 0 aromatic heterocycles. The summed E-state index contributed by atoms with van der Waals surface area (Å²) in [5, 5.41) is 2.26. The fourth-order valence-corrected chi connectivity index (χ4v) is 1.29. The van der Waals surface area contributed by atoms with Crippen molar-refractivity contribution >= 4 is 11.8 Å². The van der Waals surface area contributed by atoms with Gasteiger partial charge in [0.05, 0.1) is 5.92 Å². The van der Waals surface area contributed by atoms with E-state index in [4.69, 9.17) is 0 Å². The molecular formula is C8H11NO2. The van der Waals surface area contributed by atoms with Gasteiger partial charge in [-0.15, -0.1) is 6.58 Å². The fourth-order valence-electron chi connectivity index (χ4n) is 1.29. The van der Waals surface area contributed by atoms with E-state index in [0.717, 1.165) is 0 Å². The first-order valence-corrected chi connectivity index (χ1v) is 3.61. The summed E-state index contributed by atoms with van der Waals surface area (Å²) in [6.45, 7) is 5.42. The van der Waals surface area contributed by atoms with Crippen molar-refractivity contribution in [2.75, 3.05) is 0 Å². The number of carbonyl (C=O) groups is 2. The Bertz CT molecular complexity index is 210. The molecule has 0 saturated carbocycles. The van der Waals surface area contributed by atoms with Crippen LogP contribution in [0.2, 0.25) is 0 Å². The van der Waals surface area contributed by atoms with Gasteiger partial charge in [-0.2, -0.15) is 0 Å². The van der Waals surface area contributed by atoms with Crippen LogP contribution in [0.4, 0.5) is 0 Å². The van der Waals surface area contributed by atoms with E-state index >= 15 is 0 Å². The third-order valence-corrected chi connectivity index (χ3v) is 1.94. The molecule has 1 aliphatic rings. The number of carbonyl (C=O) groups excluding carboxylic acids is 2. The molecule has 2 amide bonds. The van der Waals surface area contributed by atoms with Gasteiger partial charge in [0.1, 0.15) is 0 Å². The molecular weight excluding hydrogens is 142 g/mol. The van der Waals surface area contributed by atoms with Crippen molar-refractivity contribution in [2.24, 2.45) is 11.8 Å². The molecule has 3 nitrogen and oxygen atoms in total. The molecule has 1 aliphatic heterocycles. The molecule has 2 unspecified atom stereocenters. The van der Waals surface area contributed by atoms with Crippen LogP contribution in [0.1, 0.15) is 13.3 Å². The standard InChI is InChI=1S/C8H11NO2/c1-3-6-5(2)4-7(10)9-8(6)11/h3,5-6H,1,4H2,2H3,(H,9,10,11). The van der Waals surface area contributed by atoms with Crippen LogP contribution in [-0.4, -0.2) is 11.8 Å². The molecule has 60 valence electrons. The van der Waals surface area contributed by atoms with E-state index in [1.54, 1.807) is 6.08 Å². The molecule has 1 N–H and O–H groups in total. The number of piperidine rings is 1. The Labute approximate surface area is 65.5 Å². The normalized spacial score (nSPS) is 31.4. The number of amides is 2. The van der Waals surface area contributed by atoms with E-state index in [1.807, 2.05) is 6.92 Å². The summed E-state index contributed by atoms with van der Waals surface area (Å²) in [6, 6.07) is 0. The molecule has 0 aromatic rings. The Hall–Kier alpha value is -1.12. The Kier molecular flexibility index (Phi) is 2.08. The zero-order chi connectivity index (χ0) is 8.43. The molecule has 0 bridgehead atoms. The van der Waals surface area contributed by atoms with Crippen molar-refractivity contribution in [3.8, 4) is 0 Å². The highest BCUT2D eigenvalue weighted by Gasteiger charge is 2.30. The van der Waals surface area contributed by atoms with Crippen molar-refractivity contribution in [1.29, 1.82) is 0 Å². The smallest absolute Gasteiger partial charge is 0.233 e. The van der Waals surface area contributed by atoms with E-state index in [-0.39, 0.29) is 23.7 Å². The summed E-state index contributed by atoms with van der Waals surface area (Å²) in [5.74, 6) is -0.509. The van der Waals surface area contributed by atoms with E-state index in [1.165, 1.54) is 0 Å². The van der Waals surface area contributed by atoms with E-state index in [9.17, 15) is 9.59 Å². The Balaban J connectivity index is 2.74. The number of hydrogen-bond acceptors (Lipinski definition) is 2. The Morgan fingerprint density at radius 3 is 2.73 bits per heavy atom. The van der Waals surface area contributed by atoms with Crippen LogP contribution >= 0.6 is 0 Å². The molecule has 0 radical (unpaired) electrons. The van der Waals surface area contributed by atoms with Crippen LogP contribution in [0.3, 0.4) is 0 Å². The van der Waals surface area contributed by atoms with E-state index in [0.29, 0.717) is 6.42 Å². The van der Waals surface area contributed by atoms with Crippen LogP contribution in [0.15, 0.2) is 12.7 Å². The van der Waals surface area contributed by atoms with Gasteiger partial charge in [-0.25, -0.2) is 0 Å². The molecule has 1 rings (SSSR count). The van der Waals surface area contributed by atoms with Crippen LogP contribution in [-0.2, 0) is 9.59 Å². The third kappa shape index (κ3) is 1.48. The van der Waals surface area contributed by atoms with Crippen LogP contribution in [0, 0.1) is 11.8 Å². The minimum Gasteiger partial charge on any atom is -0.296 e. The van der Waals surface area contributed by atoms with Crippen molar-refractivity contribution in [3.63, 3.8) is 0 Å². The highest BCUT2D eigenvalue weighted by atomic mass is 16.2. The molecule has 1 saturated heterocycles. The maximum absolute atomic E-state index is 11.0.